The monoisotopic (exact) mass is 647 g/mol. The number of carbonyl (C=O) groups excluding carboxylic acids is 2. The molecule has 0 bridgehead atoms. The number of nitrogens with zero attached hydrogens (tertiary/aromatic N) is 2. The summed E-state index contributed by atoms with van der Waals surface area (Å²) in [7, 11) is -2.59. The van der Waals surface area contributed by atoms with Crippen LogP contribution in [0, 0.1) is 13.8 Å². The number of hydrogen-bond acceptors (Lipinski definition) is 4. The second kappa shape index (κ2) is 13.8. The number of likely N-dealkylation sites (N-methyl/N-ethyl adjacent to an activating group) is 1. The third kappa shape index (κ3) is 7.66. The van der Waals surface area contributed by atoms with Crippen LogP contribution in [0.3, 0.4) is 0 Å². The molecule has 0 spiro atoms. The molecule has 0 aliphatic rings. The Labute approximate surface area is 256 Å². The number of hydrogen-bond donors (Lipinski definition) is 1. The van der Waals surface area contributed by atoms with Gasteiger partial charge in [0.2, 0.25) is 11.8 Å². The first-order chi connectivity index (χ1) is 20.1. The van der Waals surface area contributed by atoms with Crippen molar-refractivity contribution in [3.05, 3.63) is 130 Å². The summed E-state index contributed by atoms with van der Waals surface area (Å²) in [6.45, 7) is 3.37. The highest BCUT2D eigenvalue weighted by Gasteiger charge is 2.34. The average Bonchev–Trinajstić information content (AvgIpc) is 2.98. The van der Waals surface area contributed by atoms with Crippen LogP contribution in [0.2, 0.25) is 0 Å². The maximum Gasteiger partial charge on any atom is 0.264 e. The van der Waals surface area contributed by atoms with Gasteiger partial charge in [-0.15, -0.1) is 0 Å². The van der Waals surface area contributed by atoms with E-state index >= 15 is 0 Å². The minimum absolute atomic E-state index is 0.0778. The summed E-state index contributed by atoms with van der Waals surface area (Å²) in [6.07, 6.45) is 0.262. The highest BCUT2D eigenvalue weighted by molar-refractivity contribution is 9.10. The van der Waals surface area contributed by atoms with E-state index in [0.717, 1.165) is 31.0 Å². The summed E-state index contributed by atoms with van der Waals surface area (Å²) in [5.41, 5.74) is 3.82. The predicted molar refractivity (Wildman–Crippen MR) is 170 cm³/mol. The van der Waals surface area contributed by atoms with Crippen molar-refractivity contribution in [2.45, 2.75) is 37.8 Å². The Bertz CT molecular complexity index is 1630. The van der Waals surface area contributed by atoms with Crippen molar-refractivity contribution >= 4 is 43.5 Å². The van der Waals surface area contributed by atoms with Gasteiger partial charge in [0.05, 0.1) is 10.6 Å². The molecule has 0 saturated heterocycles. The Morgan fingerprint density at radius 3 is 2.10 bits per heavy atom. The van der Waals surface area contributed by atoms with Crippen LogP contribution in [0.4, 0.5) is 5.69 Å². The zero-order valence-corrected chi connectivity index (χ0v) is 26.2. The van der Waals surface area contributed by atoms with Gasteiger partial charge in [0, 0.05) is 24.5 Å². The summed E-state index contributed by atoms with van der Waals surface area (Å²) in [6, 6.07) is 29.6. The van der Waals surface area contributed by atoms with Crippen LogP contribution in [-0.4, -0.2) is 44.8 Å². The quantitative estimate of drug-likeness (QED) is 0.228. The summed E-state index contributed by atoms with van der Waals surface area (Å²) >= 11 is 3.44. The zero-order chi connectivity index (χ0) is 30.3. The lowest BCUT2D eigenvalue weighted by atomic mass is 10.0. The van der Waals surface area contributed by atoms with E-state index in [1.807, 2.05) is 74.5 Å². The Kier molecular flexibility index (Phi) is 10.2. The van der Waals surface area contributed by atoms with Gasteiger partial charge >= 0.3 is 0 Å². The number of benzene rings is 4. The van der Waals surface area contributed by atoms with Crippen molar-refractivity contribution in [3.8, 4) is 0 Å². The topological polar surface area (TPSA) is 86.8 Å². The van der Waals surface area contributed by atoms with Gasteiger partial charge in [0.1, 0.15) is 12.6 Å². The molecule has 4 rings (SSSR count). The molecule has 4 aromatic rings. The molecular formula is C33H34BrN3O4S. The zero-order valence-electron chi connectivity index (χ0n) is 23.8. The average molecular weight is 649 g/mol. The number of nitrogens with one attached hydrogen (secondary N) is 1. The van der Waals surface area contributed by atoms with Crippen LogP contribution in [0.5, 0.6) is 0 Å². The summed E-state index contributed by atoms with van der Waals surface area (Å²) in [5.74, 6) is -0.840. The van der Waals surface area contributed by atoms with Gasteiger partial charge in [-0.25, -0.2) is 8.42 Å². The molecular weight excluding hydrogens is 614 g/mol. The molecule has 0 aliphatic carbocycles. The van der Waals surface area contributed by atoms with E-state index in [-0.39, 0.29) is 23.8 Å². The van der Waals surface area contributed by atoms with Gasteiger partial charge in [-0.05, 0) is 66.9 Å². The SMILES string of the molecule is CNC(=O)C(Cc1ccccc1)N(Cc1ccc(Br)cc1)C(=O)CN(c1cccc(C)c1)S(=O)(=O)c1ccc(C)cc1. The van der Waals surface area contributed by atoms with Gasteiger partial charge in [0.25, 0.3) is 10.0 Å². The fourth-order valence-electron chi connectivity index (χ4n) is 4.66. The molecule has 1 atom stereocenters. The lowest BCUT2D eigenvalue weighted by molar-refractivity contribution is -0.139. The van der Waals surface area contributed by atoms with Crippen molar-refractivity contribution in [2.75, 3.05) is 17.9 Å². The van der Waals surface area contributed by atoms with E-state index in [2.05, 4.69) is 21.2 Å². The van der Waals surface area contributed by atoms with Gasteiger partial charge in [-0.2, -0.15) is 0 Å². The van der Waals surface area contributed by atoms with Crippen LogP contribution in [-0.2, 0) is 32.6 Å². The first kappa shape index (κ1) is 31.0. The molecule has 1 N–H and O–H groups in total. The van der Waals surface area contributed by atoms with E-state index in [9.17, 15) is 18.0 Å². The fourth-order valence-corrected chi connectivity index (χ4v) is 6.33. The van der Waals surface area contributed by atoms with Crippen LogP contribution >= 0.6 is 15.9 Å². The molecule has 0 saturated carbocycles. The van der Waals surface area contributed by atoms with Crippen molar-refractivity contribution < 1.29 is 18.0 Å². The number of aryl methyl sites for hydroxylation is 2. The number of amides is 2. The molecule has 0 heterocycles. The minimum atomic E-state index is -4.13. The molecule has 218 valence electrons. The maximum atomic E-state index is 14.3. The summed E-state index contributed by atoms with van der Waals surface area (Å²) in [5, 5.41) is 2.70. The molecule has 0 aliphatic heterocycles. The van der Waals surface area contributed by atoms with E-state index in [1.54, 1.807) is 42.5 Å². The number of anilines is 1. The number of carbonyl (C=O) groups is 2. The van der Waals surface area contributed by atoms with Crippen molar-refractivity contribution in [1.29, 1.82) is 0 Å². The Morgan fingerprint density at radius 2 is 1.48 bits per heavy atom. The predicted octanol–water partition coefficient (Wildman–Crippen LogP) is 5.65. The Hall–Kier alpha value is -3.95. The maximum absolute atomic E-state index is 14.3. The molecule has 2 amide bonds. The molecule has 42 heavy (non-hydrogen) atoms. The van der Waals surface area contributed by atoms with E-state index in [1.165, 1.54) is 11.9 Å². The first-order valence-electron chi connectivity index (χ1n) is 13.5. The smallest absolute Gasteiger partial charge is 0.264 e. The second-order valence-corrected chi connectivity index (χ2v) is 12.9. The van der Waals surface area contributed by atoms with Gasteiger partial charge in [0.15, 0.2) is 0 Å². The summed E-state index contributed by atoms with van der Waals surface area (Å²) < 4.78 is 30.1. The lowest BCUT2D eigenvalue weighted by Gasteiger charge is -2.33. The van der Waals surface area contributed by atoms with Crippen LogP contribution in [0.15, 0.2) is 112 Å². The van der Waals surface area contributed by atoms with Crippen LogP contribution in [0.25, 0.3) is 0 Å². The molecule has 4 aromatic carbocycles. The first-order valence-corrected chi connectivity index (χ1v) is 15.8. The van der Waals surface area contributed by atoms with Gasteiger partial charge in [-0.1, -0.05) is 88.2 Å². The molecule has 0 aromatic heterocycles. The molecule has 0 radical (unpaired) electrons. The standard InChI is InChI=1S/C33H34BrN3O4S/c1-24-12-18-30(19-13-24)42(40,41)37(29-11-7-8-25(2)20-29)23-32(38)36(22-27-14-16-28(34)17-15-27)31(33(39)35-3)21-26-9-5-4-6-10-26/h4-20,31H,21-23H2,1-3H3,(H,35,39). The molecule has 7 nitrogen and oxygen atoms in total. The van der Waals surface area contributed by atoms with E-state index < -0.39 is 28.5 Å². The van der Waals surface area contributed by atoms with E-state index in [4.69, 9.17) is 0 Å². The van der Waals surface area contributed by atoms with Gasteiger partial charge < -0.3 is 10.2 Å². The Balaban J connectivity index is 1.78. The number of sulfonamides is 1. The molecule has 1 unspecified atom stereocenters. The normalized spacial score (nSPS) is 11.9. The van der Waals surface area contributed by atoms with E-state index in [0.29, 0.717) is 5.69 Å². The Morgan fingerprint density at radius 1 is 0.810 bits per heavy atom. The van der Waals surface area contributed by atoms with Crippen LogP contribution in [0.1, 0.15) is 22.3 Å². The third-order valence-corrected chi connectivity index (χ3v) is 9.28. The lowest BCUT2D eigenvalue weighted by Crippen LogP contribution is -2.53. The number of halogens is 1. The second-order valence-electron chi connectivity index (χ2n) is 10.1. The fraction of sp³-hybridized carbons (Fsp3) is 0.212. The van der Waals surface area contributed by atoms with Crippen molar-refractivity contribution in [3.63, 3.8) is 0 Å². The third-order valence-electron chi connectivity index (χ3n) is 6.96. The van der Waals surface area contributed by atoms with Gasteiger partial charge in [-0.3, -0.25) is 13.9 Å². The molecule has 0 fully saturated rings. The molecule has 9 heteroatoms. The largest absolute Gasteiger partial charge is 0.357 e. The number of rotatable bonds is 11. The minimum Gasteiger partial charge on any atom is -0.357 e. The highest BCUT2D eigenvalue weighted by Crippen LogP contribution is 2.26. The van der Waals surface area contributed by atoms with Crippen molar-refractivity contribution in [1.82, 2.24) is 10.2 Å². The highest BCUT2D eigenvalue weighted by atomic mass is 79.9. The van der Waals surface area contributed by atoms with Crippen molar-refractivity contribution in [2.24, 2.45) is 0 Å². The summed E-state index contributed by atoms with van der Waals surface area (Å²) in [4.78, 5) is 29.2. The van der Waals surface area contributed by atoms with Crippen LogP contribution < -0.4 is 9.62 Å².